The van der Waals surface area contributed by atoms with Crippen LogP contribution in [0, 0.1) is 10.1 Å². The molecule has 3 aromatic rings. The van der Waals surface area contributed by atoms with Crippen LogP contribution in [0.3, 0.4) is 0 Å². The summed E-state index contributed by atoms with van der Waals surface area (Å²) >= 11 is 1.51. The van der Waals surface area contributed by atoms with Gasteiger partial charge in [0.05, 0.1) is 10.5 Å². The zero-order chi connectivity index (χ0) is 19.5. The molecule has 0 unspecified atom stereocenters. The van der Waals surface area contributed by atoms with E-state index in [-0.39, 0.29) is 23.7 Å². The van der Waals surface area contributed by atoms with Gasteiger partial charge in [-0.15, -0.1) is 0 Å². The van der Waals surface area contributed by atoms with E-state index in [0.29, 0.717) is 11.5 Å². The van der Waals surface area contributed by atoms with Crippen molar-refractivity contribution in [2.24, 2.45) is 0 Å². The standard InChI is InChI=1S/C18H16N4O5S/c23-18(26-10-16-19-17(20-27-16)13-5-8-28-11-13)12-3-4-14(15(9-12)22(24)25)21-6-1-2-7-21/h3-5,8-9,11H,1-2,6-7,10H2. The van der Waals surface area contributed by atoms with Crippen LogP contribution in [0.15, 0.2) is 39.5 Å². The minimum atomic E-state index is -0.689. The van der Waals surface area contributed by atoms with Crippen LogP contribution in [0.5, 0.6) is 0 Å². The highest BCUT2D eigenvalue weighted by atomic mass is 32.1. The Kier molecular flexibility index (Phi) is 5.02. The van der Waals surface area contributed by atoms with Crippen molar-refractivity contribution in [3.05, 3.63) is 56.6 Å². The van der Waals surface area contributed by atoms with Gasteiger partial charge in [-0.2, -0.15) is 16.3 Å². The van der Waals surface area contributed by atoms with Gasteiger partial charge in [0.1, 0.15) is 5.69 Å². The van der Waals surface area contributed by atoms with E-state index in [9.17, 15) is 14.9 Å². The maximum atomic E-state index is 12.3. The fourth-order valence-corrected chi connectivity index (χ4v) is 3.69. The van der Waals surface area contributed by atoms with E-state index >= 15 is 0 Å². The number of nitro benzene ring substituents is 1. The van der Waals surface area contributed by atoms with E-state index in [1.807, 2.05) is 21.7 Å². The van der Waals surface area contributed by atoms with Crippen LogP contribution in [0.2, 0.25) is 0 Å². The van der Waals surface area contributed by atoms with Gasteiger partial charge in [-0.3, -0.25) is 10.1 Å². The van der Waals surface area contributed by atoms with Crippen molar-refractivity contribution in [2.45, 2.75) is 19.4 Å². The zero-order valence-electron chi connectivity index (χ0n) is 14.7. The van der Waals surface area contributed by atoms with E-state index in [1.54, 1.807) is 6.07 Å². The fraction of sp³-hybridized carbons (Fsp3) is 0.278. The molecule has 2 aromatic heterocycles. The Morgan fingerprint density at radius 2 is 2.14 bits per heavy atom. The Hall–Kier alpha value is -3.27. The van der Waals surface area contributed by atoms with Crippen molar-refractivity contribution >= 4 is 28.7 Å². The second-order valence-electron chi connectivity index (χ2n) is 6.25. The molecule has 0 N–H and O–H groups in total. The summed E-state index contributed by atoms with van der Waals surface area (Å²) < 4.78 is 10.3. The number of nitro groups is 1. The third-order valence-corrected chi connectivity index (χ3v) is 5.11. The highest BCUT2D eigenvalue weighted by Gasteiger charge is 2.24. The highest BCUT2D eigenvalue weighted by molar-refractivity contribution is 7.08. The summed E-state index contributed by atoms with van der Waals surface area (Å²) in [6, 6.07) is 6.24. The molecular weight excluding hydrogens is 384 g/mol. The molecule has 0 amide bonds. The first-order valence-electron chi connectivity index (χ1n) is 8.67. The van der Waals surface area contributed by atoms with Gasteiger partial charge in [0.15, 0.2) is 6.61 Å². The number of esters is 1. The molecule has 10 heteroatoms. The van der Waals surface area contributed by atoms with E-state index in [1.165, 1.54) is 23.5 Å². The van der Waals surface area contributed by atoms with E-state index in [4.69, 9.17) is 9.26 Å². The van der Waals surface area contributed by atoms with Crippen molar-refractivity contribution in [1.29, 1.82) is 0 Å². The van der Waals surface area contributed by atoms with Crippen molar-refractivity contribution in [3.63, 3.8) is 0 Å². The number of benzene rings is 1. The molecular formula is C18H16N4O5S. The van der Waals surface area contributed by atoms with Gasteiger partial charge in [0.25, 0.3) is 11.6 Å². The van der Waals surface area contributed by atoms with Gasteiger partial charge in [-0.25, -0.2) is 4.79 Å². The molecule has 0 bridgehead atoms. The number of carbonyl (C=O) groups is 1. The normalized spacial score (nSPS) is 13.6. The summed E-state index contributed by atoms with van der Waals surface area (Å²) in [4.78, 5) is 29.4. The summed E-state index contributed by atoms with van der Waals surface area (Å²) in [5.74, 6) is -0.123. The minimum absolute atomic E-state index is 0.103. The molecule has 0 spiro atoms. The molecule has 1 fully saturated rings. The van der Waals surface area contributed by atoms with Crippen molar-refractivity contribution in [1.82, 2.24) is 10.1 Å². The van der Waals surface area contributed by atoms with E-state index < -0.39 is 10.9 Å². The average molecular weight is 400 g/mol. The van der Waals surface area contributed by atoms with Gasteiger partial charge >= 0.3 is 5.97 Å². The summed E-state index contributed by atoms with van der Waals surface area (Å²) in [6.45, 7) is 1.33. The zero-order valence-corrected chi connectivity index (χ0v) is 15.6. The first-order valence-corrected chi connectivity index (χ1v) is 9.62. The van der Waals surface area contributed by atoms with Crippen LogP contribution < -0.4 is 4.90 Å². The number of hydrogen-bond donors (Lipinski definition) is 0. The number of carbonyl (C=O) groups excluding carboxylic acids is 1. The van der Waals surface area contributed by atoms with Crippen LogP contribution in [0.25, 0.3) is 11.4 Å². The Morgan fingerprint density at radius 3 is 2.86 bits per heavy atom. The largest absolute Gasteiger partial charge is 0.452 e. The van der Waals surface area contributed by atoms with Gasteiger partial charge in [-0.1, -0.05) is 5.16 Å². The molecule has 1 aliphatic heterocycles. The van der Waals surface area contributed by atoms with Crippen molar-refractivity contribution in [3.8, 4) is 11.4 Å². The summed E-state index contributed by atoms with van der Waals surface area (Å²) in [5.41, 5.74) is 1.34. The smallest absolute Gasteiger partial charge is 0.338 e. The van der Waals surface area contributed by atoms with Crippen molar-refractivity contribution < 1.29 is 19.0 Å². The number of thiophene rings is 1. The Labute approximate surface area is 163 Å². The van der Waals surface area contributed by atoms with Gasteiger partial charge < -0.3 is 14.2 Å². The van der Waals surface area contributed by atoms with Crippen molar-refractivity contribution in [2.75, 3.05) is 18.0 Å². The number of nitrogens with zero attached hydrogens (tertiary/aromatic N) is 4. The van der Waals surface area contributed by atoms with Gasteiger partial charge in [0.2, 0.25) is 5.82 Å². The number of aromatic nitrogens is 2. The second kappa shape index (κ2) is 7.77. The second-order valence-corrected chi connectivity index (χ2v) is 7.03. The lowest BCUT2D eigenvalue weighted by molar-refractivity contribution is -0.384. The lowest BCUT2D eigenvalue weighted by atomic mass is 10.1. The maximum absolute atomic E-state index is 12.3. The average Bonchev–Trinajstić information content (AvgIpc) is 3.47. The quantitative estimate of drug-likeness (QED) is 0.350. The Balaban J connectivity index is 1.46. The van der Waals surface area contributed by atoms with E-state index in [0.717, 1.165) is 31.5 Å². The third kappa shape index (κ3) is 3.72. The third-order valence-electron chi connectivity index (χ3n) is 4.43. The summed E-state index contributed by atoms with van der Waals surface area (Å²) in [5, 5.41) is 19.0. The number of rotatable bonds is 6. The number of anilines is 1. The first kappa shape index (κ1) is 18.1. The molecule has 4 rings (SSSR count). The molecule has 144 valence electrons. The highest BCUT2D eigenvalue weighted by Crippen LogP contribution is 2.32. The summed E-state index contributed by atoms with van der Waals surface area (Å²) in [7, 11) is 0. The van der Waals surface area contributed by atoms with Crippen LogP contribution in [0.4, 0.5) is 11.4 Å². The molecule has 0 aliphatic carbocycles. The molecule has 0 atom stereocenters. The lowest BCUT2D eigenvalue weighted by Gasteiger charge is -2.17. The van der Waals surface area contributed by atoms with Crippen LogP contribution in [-0.4, -0.2) is 34.1 Å². The fourth-order valence-electron chi connectivity index (χ4n) is 3.06. The number of hydrogen-bond acceptors (Lipinski definition) is 9. The number of ether oxygens (including phenoxy) is 1. The summed E-state index contributed by atoms with van der Waals surface area (Å²) in [6.07, 6.45) is 2.00. The molecule has 3 heterocycles. The maximum Gasteiger partial charge on any atom is 0.338 e. The predicted octanol–water partition coefficient (Wildman–Crippen LogP) is 3.66. The topological polar surface area (TPSA) is 112 Å². The van der Waals surface area contributed by atoms with Gasteiger partial charge in [0, 0.05) is 30.1 Å². The molecule has 0 saturated carbocycles. The van der Waals surface area contributed by atoms with Crippen LogP contribution in [-0.2, 0) is 11.3 Å². The SMILES string of the molecule is O=C(OCc1nc(-c2ccsc2)no1)c1ccc(N2CCCC2)c([N+](=O)[O-])c1. The first-order chi connectivity index (χ1) is 13.6. The van der Waals surface area contributed by atoms with Gasteiger partial charge in [-0.05, 0) is 36.4 Å². The molecule has 9 nitrogen and oxygen atoms in total. The molecule has 0 radical (unpaired) electrons. The molecule has 28 heavy (non-hydrogen) atoms. The van der Waals surface area contributed by atoms with Crippen LogP contribution >= 0.6 is 11.3 Å². The molecule has 1 aromatic carbocycles. The Bertz CT molecular complexity index is 995. The predicted molar refractivity (Wildman–Crippen MR) is 101 cm³/mol. The van der Waals surface area contributed by atoms with E-state index in [2.05, 4.69) is 10.1 Å². The lowest BCUT2D eigenvalue weighted by Crippen LogP contribution is -2.19. The molecule has 1 aliphatic rings. The minimum Gasteiger partial charge on any atom is -0.452 e. The monoisotopic (exact) mass is 400 g/mol. The Morgan fingerprint density at radius 1 is 1.32 bits per heavy atom. The molecule has 1 saturated heterocycles. The van der Waals surface area contributed by atoms with Crippen LogP contribution in [0.1, 0.15) is 29.1 Å².